The Morgan fingerprint density at radius 1 is 1.06 bits per heavy atom. The number of amides is 2. The van der Waals surface area contributed by atoms with Gasteiger partial charge in [0.25, 0.3) is 0 Å². The molecule has 0 unspecified atom stereocenters. The van der Waals surface area contributed by atoms with Gasteiger partial charge in [-0.05, 0) is 35.7 Å². The van der Waals surface area contributed by atoms with Crippen LogP contribution in [0.2, 0.25) is 10.0 Å². The monoisotopic (exact) mass is 479 g/mol. The van der Waals surface area contributed by atoms with E-state index in [1.165, 1.54) is 23.7 Å². The molecule has 0 atom stereocenters. The molecule has 10 heteroatoms. The van der Waals surface area contributed by atoms with Gasteiger partial charge in [0.2, 0.25) is 0 Å². The summed E-state index contributed by atoms with van der Waals surface area (Å²) in [7, 11) is 0. The lowest BCUT2D eigenvalue weighted by atomic mass is 9.94. The van der Waals surface area contributed by atoms with Gasteiger partial charge in [0.1, 0.15) is 20.8 Å². The van der Waals surface area contributed by atoms with Crippen molar-refractivity contribution < 1.29 is 19.4 Å². The normalized spacial score (nSPS) is 11.1. The predicted octanol–water partition coefficient (Wildman–Crippen LogP) is 6.88. The summed E-state index contributed by atoms with van der Waals surface area (Å²) in [6, 6.07) is 7.56. The van der Waals surface area contributed by atoms with E-state index < -0.39 is 12.0 Å². The fourth-order valence-electron chi connectivity index (χ4n) is 2.50. The number of hydrogen-bond donors (Lipinski definition) is 3. The lowest BCUT2D eigenvalue weighted by molar-refractivity contribution is 0.0698. The van der Waals surface area contributed by atoms with Gasteiger partial charge in [-0.25, -0.2) is 9.59 Å². The number of hydrogen-bond acceptors (Lipinski definition) is 5. The number of ether oxygens (including phenoxy) is 1. The Morgan fingerprint density at radius 2 is 1.68 bits per heavy atom. The highest BCUT2D eigenvalue weighted by molar-refractivity contribution is 7.16. The van der Waals surface area contributed by atoms with Crippen LogP contribution >= 0.6 is 34.5 Å². The van der Waals surface area contributed by atoms with Crippen molar-refractivity contribution in [2.45, 2.75) is 26.2 Å². The van der Waals surface area contributed by atoms with Crippen LogP contribution in [0.15, 0.2) is 42.7 Å². The van der Waals surface area contributed by atoms with E-state index >= 15 is 0 Å². The molecule has 0 fully saturated rings. The molecular formula is C21H19Cl2N3O4S. The van der Waals surface area contributed by atoms with Crippen LogP contribution in [-0.4, -0.2) is 22.1 Å². The summed E-state index contributed by atoms with van der Waals surface area (Å²) in [5.41, 5.74) is 0.308. The Labute approximate surface area is 193 Å². The van der Waals surface area contributed by atoms with Crippen molar-refractivity contribution in [3.8, 4) is 11.5 Å². The molecule has 7 nitrogen and oxygen atoms in total. The Morgan fingerprint density at radius 3 is 2.23 bits per heavy atom. The average molecular weight is 480 g/mol. The minimum atomic E-state index is -1.10. The fourth-order valence-corrected chi connectivity index (χ4v) is 4.04. The molecule has 0 saturated heterocycles. The number of carbonyl (C=O) groups excluding carboxylic acids is 1. The number of carboxylic acids is 1. The van der Waals surface area contributed by atoms with E-state index in [0.29, 0.717) is 11.4 Å². The van der Waals surface area contributed by atoms with Crippen LogP contribution in [0.3, 0.4) is 0 Å². The van der Waals surface area contributed by atoms with Crippen molar-refractivity contribution in [3.63, 3.8) is 0 Å². The van der Waals surface area contributed by atoms with Crippen LogP contribution in [0, 0.1) is 0 Å². The average Bonchev–Trinajstić information content (AvgIpc) is 3.10. The lowest BCUT2D eigenvalue weighted by Gasteiger charge is -2.15. The first-order chi connectivity index (χ1) is 14.5. The zero-order valence-electron chi connectivity index (χ0n) is 16.8. The van der Waals surface area contributed by atoms with E-state index in [4.69, 9.17) is 27.9 Å². The summed E-state index contributed by atoms with van der Waals surface area (Å²) in [6.45, 7) is 5.93. The molecule has 0 aliphatic carbocycles. The molecule has 0 spiro atoms. The number of benzene rings is 1. The molecular weight excluding hydrogens is 461 g/mol. The van der Waals surface area contributed by atoms with Gasteiger partial charge in [0.15, 0.2) is 5.75 Å². The van der Waals surface area contributed by atoms with E-state index in [1.54, 1.807) is 30.3 Å². The third kappa shape index (κ3) is 5.66. The maximum atomic E-state index is 12.4. The number of carboxylic acid groups (broad SMARTS) is 1. The van der Waals surface area contributed by atoms with Gasteiger partial charge in [-0.15, -0.1) is 11.3 Å². The second-order valence-electron chi connectivity index (χ2n) is 7.55. The maximum absolute atomic E-state index is 12.4. The Hall–Kier alpha value is -2.81. The molecule has 3 aromatic rings. The van der Waals surface area contributed by atoms with Crippen LogP contribution in [-0.2, 0) is 5.41 Å². The van der Waals surface area contributed by atoms with Gasteiger partial charge in [-0.1, -0.05) is 44.0 Å². The van der Waals surface area contributed by atoms with Crippen molar-refractivity contribution in [2.24, 2.45) is 0 Å². The number of halogens is 2. The number of carbonyl (C=O) groups is 2. The van der Waals surface area contributed by atoms with Crippen molar-refractivity contribution in [1.29, 1.82) is 0 Å². The first kappa shape index (κ1) is 22.9. The third-order valence-corrected chi connectivity index (χ3v) is 6.09. The number of aromatic carboxylic acids is 1. The quantitative estimate of drug-likeness (QED) is 0.370. The summed E-state index contributed by atoms with van der Waals surface area (Å²) in [5, 5.41) is 15.5. The fraction of sp³-hybridized carbons (Fsp3) is 0.190. The number of pyridine rings is 1. The summed E-state index contributed by atoms with van der Waals surface area (Å²) in [4.78, 5) is 28.7. The molecule has 3 rings (SSSR count). The maximum Gasteiger partial charge on any atom is 0.338 e. The highest BCUT2D eigenvalue weighted by Gasteiger charge is 2.23. The molecule has 2 amide bonds. The minimum absolute atomic E-state index is 0.0555. The highest BCUT2D eigenvalue weighted by Crippen LogP contribution is 2.37. The molecule has 3 N–H and O–H groups in total. The van der Waals surface area contributed by atoms with Crippen LogP contribution in [0.25, 0.3) is 0 Å². The van der Waals surface area contributed by atoms with Crippen LogP contribution in [0.4, 0.5) is 15.5 Å². The molecule has 0 bridgehead atoms. The number of urea groups is 1. The predicted molar refractivity (Wildman–Crippen MR) is 123 cm³/mol. The van der Waals surface area contributed by atoms with Gasteiger partial charge >= 0.3 is 12.0 Å². The second-order valence-corrected chi connectivity index (χ2v) is 9.41. The number of nitrogens with zero attached hydrogens (tertiary/aromatic N) is 1. The molecule has 31 heavy (non-hydrogen) atoms. The SMILES string of the molecule is CC(C)(C)c1cc(C(=O)O)c(NC(=O)Nc2ccc(Oc3c(Cl)cncc3Cl)cc2)s1. The van der Waals surface area contributed by atoms with Crippen LogP contribution in [0.1, 0.15) is 36.0 Å². The number of thiophene rings is 1. The number of anilines is 2. The summed E-state index contributed by atoms with van der Waals surface area (Å²) in [5.74, 6) is -0.357. The standard InChI is InChI=1S/C21H19Cl2N3O4S/c1-21(2,3)16-8-13(19(27)28)18(31-16)26-20(29)25-11-4-6-12(7-5-11)30-17-14(22)9-24-10-15(17)23/h4-10H,1-3H3,(H,27,28)(H2,25,26,29). The largest absolute Gasteiger partial charge is 0.478 e. The molecule has 1 aromatic carbocycles. The second kappa shape index (κ2) is 9.13. The Bertz CT molecular complexity index is 1100. The topological polar surface area (TPSA) is 101 Å². The summed E-state index contributed by atoms with van der Waals surface area (Å²) < 4.78 is 5.68. The van der Waals surface area contributed by atoms with Crippen LogP contribution < -0.4 is 15.4 Å². The van der Waals surface area contributed by atoms with Crippen molar-refractivity contribution in [2.75, 3.05) is 10.6 Å². The van der Waals surface area contributed by atoms with E-state index in [-0.39, 0.29) is 31.8 Å². The zero-order valence-corrected chi connectivity index (χ0v) is 19.2. The minimum Gasteiger partial charge on any atom is -0.478 e. The molecule has 0 saturated carbocycles. The smallest absolute Gasteiger partial charge is 0.338 e. The van der Waals surface area contributed by atoms with Gasteiger partial charge in [-0.2, -0.15) is 0 Å². The molecule has 0 aliphatic rings. The van der Waals surface area contributed by atoms with E-state index in [9.17, 15) is 14.7 Å². The first-order valence-corrected chi connectivity index (χ1v) is 10.6. The molecule has 2 aromatic heterocycles. The van der Waals surface area contributed by atoms with Gasteiger partial charge < -0.3 is 15.2 Å². The summed E-state index contributed by atoms with van der Waals surface area (Å²) >= 11 is 13.3. The number of aromatic nitrogens is 1. The van der Waals surface area contributed by atoms with Gasteiger partial charge in [-0.3, -0.25) is 10.3 Å². The first-order valence-electron chi connectivity index (χ1n) is 9.07. The zero-order chi connectivity index (χ0) is 22.8. The molecule has 0 aliphatic heterocycles. The van der Waals surface area contributed by atoms with Crippen molar-refractivity contribution in [1.82, 2.24) is 4.98 Å². The van der Waals surface area contributed by atoms with Crippen LogP contribution in [0.5, 0.6) is 11.5 Å². The van der Waals surface area contributed by atoms with E-state index in [0.717, 1.165) is 4.88 Å². The number of rotatable bonds is 5. The molecule has 0 radical (unpaired) electrons. The van der Waals surface area contributed by atoms with E-state index in [2.05, 4.69) is 15.6 Å². The van der Waals surface area contributed by atoms with Gasteiger partial charge in [0, 0.05) is 23.0 Å². The Balaban J connectivity index is 1.69. The molecule has 2 heterocycles. The van der Waals surface area contributed by atoms with Gasteiger partial charge in [0.05, 0.1) is 5.56 Å². The van der Waals surface area contributed by atoms with Crippen molar-refractivity contribution in [3.05, 3.63) is 63.2 Å². The third-order valence-electron chi connectivity index (χ3n) is 4.07. The van der Waals surface area contributed by atoms with Crippen molar-refractivity contribution >= 4 is 57.2 Å². The number of nitrogens with one attached hydrogen (secondary N) is 2. The highest BCUT2D eigenvalue weighted by atomic mass is 35.5. The summed E-state index contributed by atoms with van der Waals surface area (Å²) in [6.07, 6.45) is 2.84. The van der Waals surface area contributed by atoms with E-state index in [1.807, 2.05) is 20.8 Å². The Kier molecular flexibility index (Phi) is 6.74. The lowest BCUT2D eigenvalue weighted by Crippen LogP contribution is -2.19. The molecule has 162 valence electrons.